The van der Waals surface area contributed by atoms with Crippen LogP contribution < -0.4 is 5.32 Å². The van der Waals surface area contributed by atoms with Gasteiger partial charge in [-0.25, -0.2) is 4.79 Å². The molecule has 4 rings (SSSR count). The monoisotopic (exact) mass is 410 g/mol. The molecule has 0 aliphatic carbocycles. The van der Waals surface area contributed by atoms with E-state index >= 15 is 0 Å². The van der Waals surface area contributed by atoms with Gasteiger partial charge in [0, 0.05) is 10.6 Å². The summed E-state index contributed by atoms with van der Waals surface area (Å²) in [4.78, 5) is 31.3. The second kappa shape index (κ2) is 7.33. The number of hydrogen-bond acceptors (Lipinski definition) is 5. The van der Waals surface area contributed by atoms with E-state index in [4.69, 9.17) is 16.1 Å². The van der Waals surface area contributed by atoms with Gasteiger partial charge in [0.05, 0.1) is 6.54 Å². The summed E-state index contributed by atoms with van der Waals surface area (Å²) in [7, 11) is 0. The molecule has 148 valence electrons. The fraction of sp³-hybridized carbons (Fsp3) is 0.238. The van der Waals surface area contributed by atoms with Crippen LogP contribution in [0.15, 0.2) is 53.1 Å². The summed E-state index contributed by atoms with van der Waals surface area (Å²) in [5, 5.41) is 7.32. The van der Waals surface area contributed by atoms with Crippen molar-refractivity contribution in [3.63, 3.8) is 0 Å². The molecule has 2 aromatic carbocycles. The molecule has 1 atom stereocenters. The number of hydrogen-bond donors (Lipinski definition) is 1. The van der Waals surface area contributed by atoms with E-state index in [9.17, 15) is 9.59 Å². The molecule has 1 aliphatic heterocycles. The lowest BCUT2D eigenvalue weighted by Crippen LogP contribution is -2.43. The van der Waals surface area contributed by atoms with Gasteiger partial charge in [0.25, 0.3) is 11.8 Å². The third-order valence-corrected chi connectivity index (χ3v) is 5.33. The Labute approximate surface area is 172 Å². The number of imide groups is 1. The number of nitrogens with one attached hydrogen (secondary N) is 1. The first kappa shape index (κ1) is 19.1. The van der Waals surface area contributed by atoms with Gasteiger partial charge in [0.1, 0.15) is 5.54 Å². The second-order valence-electron chi connectivity index (χ2n) is 6.97. The van der Waals surface area contributed by atoms with Crippen molar-refractivity contribution in [3.8, 4) is 11.5 Å². The van der Waals surface area contributed by atoms with Gasteiger partial charge < -0.3 is 9.84 Å². The molecule has 1 aliphatic rings. The maximum absolute atomic E-state index is 13.2. The van der Waals surface area contributed by atoms with E-state index < -0.39 is 11.6 Å². The van der Waals surface area contributed by atoms with Crippen LogP contribution in [0.5, 0.6) is 0 Å². The third-order valence-electron chi connectivity index (χ3n) is 5.08. The number of nitrogens with zero attached hydrogens (tertiary/aromatic N) is 3. The lowest BCUT2D eigenvalue weighted by atomic mass is 9.87. The quantitative estimate of drug-likeness (QED) is 0.641. The number of halogens is 1. The number of aromatic nitrogens is 2. The summed E-state index contributed by atoms with van der Waals surface area (Å²) < 4.78 is 5.32. The standard InChI is InChI=1S/C21H19ClN4O3/c1-3-21(15-7-9-16(22)10-8-15)19(27)26(20(28)24-21)12-17-23-18(29-25-17)14-6-4-5-13(2)11-14/h4-11H,3,12H2,1-2H3,(H,24,28). The van der Waals surface area contributed by atoms with Gasteiger partial charge in [-0.1, -0.05) is 53.5 Å². The molecule has 3 aromatic rings. The zero-order valence-corrected chi connectivity index (χ0v) is 16.7. The van der Waals surface area contributed by atoms with E-state index in [1.54, 1.807) is 24.3 Å². The predicted molar refractivity (Wildman–Crippen MR) is 107 cm³/mol. The van der Waals surface area contributed by atoms with Gasteiger partial charge in [-0.2, -0.15) is 4.98 Å². The molecule has 1 saturated heterocycles. The molecule has 0 radical (unpaired) electrons. The Morgan fingerprint density at radius 3 is 2.62 bits per heavy atom. The first-order chi connectivity index (χ1) is 13.9. The molecule has 1 aromatic heterocycles. The minimum atomic E-state index is -1.13. The minimum absolute atomic E-state index is 0.0741. The maximum atomic E-state index is 13.2. The van der Waals surface area contributed by atoms with Crippen molar-refractivity contribution in [2.75, 3.05) is 0 Å². The SMILES string of the molecule is CCC1(c2ccc(Cl)cc2)NC(=O)N(Cc2noc(-c3cccc(C)c3)n2)C1=O. The van der Waals surface area contributed by atoms with Crippen LogP contribution in [0.1, 0.15) is 30.3 Å². The molecule has 0 saturated carbocycles. The Bertz CT molecular complexity index is 1080. The van der Waals surface area contributed by atoms with Gasteiger partial charge in [-0.15, -0.1) is 0 Å². The molecule has 7 nitrogen and oxygen atoms in total. The van der Waals surface area contributed by atoms with Gasteiger partial charge >= 0.3 is 6.03 Å². The zero-order valence-electron chi connectivity index (χ0n) is 16.0. The first-order valence-electron chi connectivity index (χ1n) is 9.23. The lowest BCUT2D eigenvalue weighted by Gasteiger charge is -2.25. The Hall–Kier alpha value is -3.19. The van der Waals surface area contributed by atoms with Crippen molar-refractivity contribution in [2.45, 2.75) is 32.4 Å². The van der Waals surface area contributed by atoms with Crippen LogP contribution in [-0.2, 0) is 16.9 Å². The number of carbonyl (C=O) groups is 2. The van der Waals surface area contributed by atoms with Crippen LogP contribution in [0.25, 0.3) is 11.5 Å². The van der Waals surface area contributed by atoms with Crippen molar-refractivity contribution < 1.29 is 14.1 Å². The smallest absolute Gasteiger partial charge is 0.325 e. The van der Waals surface area contributed by atoms with E-state index in [0.717, 1.165) is 16.0 Å². The highest BCUT2D eigenvalue weighted by atomic mass is 35.5. The van der Waals surface area contributed by atoms with E-state index in [-0.39, 0.29) is 18.3 Å². The summed E-state index contributed by atoms with van der Waals surface area (Å²) in [6.45, 7) is 3.74. The maximum Gasteiger partial charge on any atom is 0.325 e. The molecule has 0 spiro atoms. The molecule has 0 bridgehead atoms. The molecular formula is C21H19ClN4O3. The van der Waals surface area contributed by atoms with E-state index in [1.165, 1.54) is 0 Å². The first-order valence-corrected chi connectivity index (χ1v) is 9.60. The number of benzene rings is 2. The van der Waals surface area contributed by atoms with E-state index in [1.807, 2.05) is 38.1 Å². The van der Waals surface area contributed by atoms with E-state index in [2.05, 4.69) is 15.5 Å². The summed E-state index contributed by atoms with van der Waals surface area (Å²) in [5.41, 5.74) is 1.39. The number of rotatable bonds is 5. The lowest BCUT2D eigenvalue weighted by molar-refractivity contribution is -0.132. The molecule has 2 heterocycles. The van der Waals surface area contributed by atoms with Crippen molar-refractivity contribution >= 4 is 23.5 Å². The van der Waals surface area contributed by atoms with Crippen LogP contribution >= 0.6 is 11.6 Å². The Kier molecular flexibility index (Phi) is 4.84. The van der Waals surface area contributed by atoms with Crippen molar-refractivity contribution in [3.05, 3.63) is 70.5 Å². The zero-order chi connectivity index (χ0) is 20.6. The highest BCUT2D eigenvalue weighted by Crippen LogP contribution is 2.33. The summed E-state index contributed by atoms with van der Waals surface area (Å²) >= 11 is 5.96. The Morgan fingerprint density at radius 1 is 1.17 bits per heavy atom. The van der Waals surface area contributed by atoms with Crippen LogP contribution in [0.2, 0.25) is 5.02 Å². The van der Waals surface area contributed by atoms with Crippen LogP contribution in [0.3, 0.4) is 0 Å². The largest absolute Gasteiger partial charge is 0.334 e. The normalized spacial score (nSPS) is 18.9. The third kappa shape index (κ3) is 3.38. The summed E-state index contributed by atoms with van der Waals surface area (Å²) in [6, 6.07) is 14.0. The average Bonchev–Trinajstić information content (AvgIpc) is 3.28. The van der Waals surface area contributed by atoms with Crippen LogP contribution in [0.4, 0.5) is 4.79 Å². The molecule has 8 heteroatoms. The highest BCUT2D eigenvalue weighted by Gasteiger charge is 2.51. The van der Waals surface area contributed by atoms with E-state index in [0.29, 0.717) is 22.9 Å². The molecule has 29 heavy (non-hydrogen) atoms. The number of carbonyl (C=O) groups excluding carboxylic acids is 2. The molecular weight excluding hydrogens is 392 g/mol. The molecule has 1 N–H and O–H groups in total. The van der Waals surface area contributed by atoms with Crippen molar-refractivity contribution in [2.24, 2.45) is 0 Å². The van der Waals surface area contributed by atoms with Gasteiger partial charge in [-0.05, 0) is 43.2 Å². The second-order valence-corrected chi connectivity index (χ2v) is 7.41. The van der Waals surface area contributed by atoms with Crippen molar-refractivity contribution in [1.29, 1.82) is 0 Å². The fourth-order valence-corrected chi connectivity index (χ4v) is 3.62. The predicted octanol–water partition coefficient (Wildman–Crippen LogP) is 4.06. The average molecular weight is 411 g/mol. The van der Waals surface area contributed by atoms with Gasteiger partial charge in [0.15, 0.2) is 5.82 Å². The van der Waals surface area contributed by atoms with Gasteiger partial charge in [-0.3, -0.25) is 9.69 Å². The number of urea groups is 1. The highest BCUT2D eigenvalue weighted by molar-refractivity contribution is 6.30. The van der Waals surface area contributed by atoms with Crippen LogP contribution in [-0.4, -0.2) is 27.0 Å². The summed E-state index contributed by atoms with van der Waals surface area (Å²) in [6.07, 6.45) is 0.399. The Morgan fingerprint density at radius 2 is 1.93 bits per heavy atom. The molecule has 1 unspecified atom stereocenters. The fourth-order valence-electron chi connectivity index (χ4n) is 3.50. The molecule has 1 fully saturated rings. The number of aryl methyl sites for hydroxylation is 1. The van der Waals surface area contributed by atoms with Gasteiger partial charge in [0.2, 0.25) is 0 Å². The van der Waals surface area contributed by atoms with Crippen molar-refractivity contribution in [1.82, 2.24) is 20.4 Å². The van der Waals surface area contributed by atoms with Crippen LogP contribution in [0, 0.1) is 6.92 Å². The topological polar surface area (TPSA) is 88.3 Å². The number of amides is 3. The minimum Gasteiger partial charge on any atom is -0.334 e. The summed E-state index contributed by atoms with van der Waals surface area (Å²) in [5.74, 6) is 0.248. The molecule has 3 amide bonds. The Balaban J connectivity index is 1.59.